The quantitative estimate of drug-likeness (QED) is 0.677. The Balaban J connectivity index is 1.54. The lowest BCUT2D eigenvalue weighted by Gasteiger charge is -2.27. The van der Waals surface area contributed by atoms with Crippen molar-refractivity contribution >= 4 is 29.4 Å². The summed E-state index contributed by atoms with van der Waals surface area (Å²) in [4.78, 5) is 36.5. The van der Waals surface area contributed by atoms with Gasteiger partial charge in [-0.1, -0.05) is 48.7 Å². The van der Waals surface area contributed by atoms with Gasteiger partial charge >= 0.3 is 11.9 Å². The van der Waals surface area contributed by atoms with Crippen LogP contribution in [-0.2, 0) is 31.0 Å². The number of methoxy groups -OCH3 is 1. The summed E-state index contributed by atoms with van der Waals surface area (Å²) in [7, 11) is 1.32. The van der Waals surface area contributed by atoms with Gasteiger partial charge in [-0.25, -0.2) is 4.79 Å². The van der Waals surface area contributed by atoms with E-state index in [0.717, 1.165) is 24.0 Å². The molecule has 1 saturated carbocycles. The van der Waals surface area contributed by atoms with Crippen molar-refractivity contribution in [2.24, 2.45) is 0 Å². The minimum Gasteiger partial charge on any atom is -0.465 e. The molecule has 0 spiro atoms. The number of halogens is 1. The Labute approximate surface area is 180 Å². The number of rotatable bonds is 7. The van der Waals surface area contributed by atoms with Crippen molar-refractivity contribution in [2.45, 2.75) is 37.6 Å². The molecule has 30 heavy (non-hydrogen) atoms. The number of carbonyl (C=O) groups excluding carboxylic acids is 3. The first kappa shape index (κ1) is 21.8. The van der Waals surface area contributed by atoms with E-state index in [-0.39, 0.29) is 25.0 Å². The summed E-state index contributed by atoms with van der Waals surface area (Å²) in [6.45, 7) is -0.0748. The SMILES string of the molecule is COC(=O)c1ccc(CNC(=O)COC(=O)C2(c3ccc(Cl)cc3)CCCC2)cc1. The van der Waals surface area contributed by atoms with Crippen LogP contribution < -0.4 is 5.32 Å². The average Bonchev–Trinajstić information content (AvgIpc) is 3.27. The Morgan fingerprint density at radius 3 is 2.23 bits per heavy atom. The summed E-state index contributed by atoms with van der Waals surface area (Å²) < 4.78 is 10.0. The Hall–Kier alpha value is -2.86. The fourth-order valence-corrected chi connectivity index (χ4v) is 3.88. The number of carbonyl (C=O) groups is 3. The molecule has 2 aromatic carbocycles. The van der Waals surface area contributed by atoms with Gasteiger partial charge in [0.25, 0.3) is 5.91 Å². The molecule has 1 amide bonds. The van der Waals surface area contributed by atoms with Gasteiger partial charge in [-0.15, -0.1) is 0 Å². The molecule has 158 valence electrons. The van der Waals surface area contributed by atoms with Gasteiger partial charge < -0.3 is 14.8 Å². The minimum atomic E-state index is -0.714. The number of hydrogen-bond donors (Lipinski definition) is 1. The van der Waals surface area contributed by atoms with Gasteiger partial charge in [0.15, 0.2) is 6.61 Å². The molecule has 0 radical (unpaired) electrons. The van der Waals surface area contributed by atoms with Gasteiger partial charge in [-0.05, 0) is 48.2 Å². The normalized spacial score (nSPS) is 14.7. The van der Waals surface area contributed by atoms with E-state index in [9.17, 15) is 14.4 Å². The second kappa shape index (κ2) is 9.76. The zero-order valence-electron chi connectivity index (χ0n) is 16.8. The molecule has 1 aliphatic carbocycles. The summed E-state index contributed by atoms with van der Waals surface area (Å²) in [5.74, 6) is -1.18. The molecule has 0 heterocycles. The maximum absolute atomic E-state index is 12.9. The monoisotopic (exact) mass is 429 g/mol. The molecule has 2 aromatic rings. The van der Waals surface area contributed by atoms with Gasteiger partial charge in [0.2, 0.25) is 0 Å². The van der Waals surface area contributed by atoms with Crippen LogP contribution in [0.1, 0.15) is 47.2 Å². The number of esters is 2. The number of ether oxygens (including phenoxy) is 2. The second-order valence-electron chi connectivity index (χ2n) is 7.34. The van der Waals surface area contributed by atoms with E-state index in [2.05, 4.69) is 10.1 Å². The Morgan fingerprint density at radius 1 is 1.00 bits per heavy atom. The Morgan fingerprint density at radius 2 is 1.63 bits per heavy atom. The van der Waals surface area contributed by atoms with Crippen LogP contribution in [0.5, 0.6) is 0 Å². The maximum atomic E-state index is 12.9. The van der Waals surface area contributed by atoms with Gasteiger partial charge in [0, 0.05) is 11.6 Å². The fourth-order valence-electron chi connectivity index (χ4n) is 3.76. The highest BCUT2D eigenvalue weighted by Crippen LogP contribution is 2.42. The van der Waals surface area contributed by atoms with E-state index < -0.39 is 11.4 Å². The summed E-state index contributed by atoms with van der Waals surface area (Å²) in [5, 5.41) is 3.33. The van der Waals surface area contributed by atoms with Gasteiger partial charge in [-0.3, -0.25) is 9.59 Å². The van der Waals surface area contributed by atoms with E-state index in [1.54, 1.807) is 36.4 Å². The third kappa shape index (κ3) is 5.00. The highest BCUT2D eigenvalue weighted by molar-refractivity contribution is 6.30. The van der Waals surface area contributed by atoms with E-state index in [1.165, 1.54) is 7.11 Å². The molecule has 3 rings (SSSR count). The summed E-state index contributed by atoms with van der Waals surface area (Å²) in [5.41, 5.74) is 1.41. The van der Waals surface area contributed by atoms with Crippen LogP contribution in [0.4, 0.5) is 0 Å². The molecule has 0 atom stereocenters. The molecule has 7 heteroatoms. The van der Waals surface area contributed by atoms with Crippen molar-refractivity contribution in [3.8, 4) is 0 Å². The molecule has 0 aromatic heterocycles. The van der Waals surface area contributed by atoms with Crippen molar-refractivity contribution < 1.29 is 23.9 Å². The Bertz CT molecular complexity index is 902. The molecule has 6 nitrogen and oxygen atoms in total. The molecule has 1 fully saturated rings. The molecule has 0 unspecified atom stereocenters. The third-order valence-corrected chi connectivity index (χ3v) is 5.70. The Kier molecular flexibility index (Phi) is 7.11. The predicted octanol–water partition coefficient (Wildman–Crippen LogP) is 3.80. The summed E-state index contributed by atoms with van der Waals surface area (Å²) in [6, 6.07) is 14.0. The molecular weight excluding hydrogens is 406 g/mol. The first-order valence-corrected chi connectivity index (χ1v) is 10.2. The molecule has 1 aliphatic rings. The number of nitrogens with one attached hydrogen (secondary N) is 1. The van der Waals surface area contributed by atoms with Gasteiger partial charge in [0.05, 0.1) is 18.1 Å². The summed E-state index contributed by atoms with van der Waals surface area (Å²) in [6.07, 6.45) is 3.26. The van der Waals surface area contributed by atoms with Crippen LogP contribution in [0.2, 0.25) is 5.02 Å². The van der Waals surface area contributed by atoms with Crippen LogP contribution in [0.25, 0.3) is 0 Å². The molecule has 0 aliphatic heterocycles. The van der Waals surface area contributed by atoms with Crippen LogP contribution in [0.15, 0.2) is 48.5 Å². The smallest absolute Gasteiger partial charge is 0.337 e. The topological polar surface area (TPSA) is 81.7 Å². The minimum absolute atomic E-state index is 0.264. The molecule has 0 saturated heterocycles. The maximum Gasteiger partial charge on any atom is 0.337 e. The van der Waals surface area contributed by atoms with E-state index >= 15 is 0 Å². The van der Waals surface area contributed by atoms with Crippen molar-refractivity contribution in [3.63, 3.8) is 0 Å². The van der Waals surface area contributed by atoms with Crippen LogP contribution >= 0.6 is 11.6 Å². The van der Waals surface area contributed by atoms with Crippen molar-refractivity contribution in [2.75, 3.05) is 13.7 Å². The van der Waals surface area contributed by atoms with Crippen LogP contribution in [0, 0.1) is 0 Å². The van der Waals surface area contributed by atoms with Crippen molar-refractivity contribution in [1.82, 2.24) is 5.32 Å². The zero-order valence-corrected chi connectivity index (χ0v) is 17.5. The largest absolute Gasteiger partial charge is 0.465 e. The highest BCUT2D eigenvalue weighted by atomic mass is 35.5. The van der Waals surface area contributed by atoms with E-state index in [1.807, 2.05) is 12.1 Å². The first-order valence-electron chi connectivity index (χ1n) is 9.82. The second-order valence-corrected chi connectivity index (χ2v) is 7.77. The average molecular weight is 430 g/mol. The first-order chi connectivity index (χ1) is 14.4. The van der Waals surface area contributed by atoms with Crippen LogP contribution in [-0.4, -0.2) is 31.6 Å². The third-order valence-electron chi connectivity index (χ3n) is 5.44. The van der Waals surface area contributed by atoms with Crippen molar-refractivity contribution in [1.29, 1.82) is 0 Å². The predicted molar refractivity (Wildman–Crippen MR) is 112 cm³/mol. The number of amides is 1. The lowest BCUT2D eigenvalue weighted by molar-refractivity contribution is -0.154. The number of benzene rings is 2. The highest BCUT2D eigenvalue weighted by Gasteiger charge is 2.44. The lowest BCUT2D eigenvalue weighted by Crippen LogP contribution is -2.37. The zero-order chi connectivity index (χ0) is 21.6. The van der Waals surface area contributed by atoms with Gasteiger partial charge in [-0.2, -0.15) is 0 Å². The van der Waals surface area contributed by atoms with Gasteiger partial charge in [0.1, 0.15) is 0 Å². The lowest BCUT2D eigenvalue weighted by atomic mass is 9.79. The van der Waals surface area contributed by atoms with Crippen LogP contribution in [0.3, 0.4) is 0 Å². The van der Waals surface area contributed by atoms with Crippen molar-refractivity contribution in [3.05, 3.63) is 70.2 Å². The number of hydrogen-bond acceptors (Lipinski definition) is 5. The molecule has 1 N–H and O–H groups in total. The van der Waals surface area contributed by atoms with E-state index in [0.29, 0.717) is 23.4 Å². The standard InChI is InChI=1S/C23H24ClNO5/c1-29-21(27)17-6-4-16(5-7-17)14-25-20(26)15-30-22(28)23(12-2-3-13-23)18-8-10-19(24)11-9-18/h4-11H,2-3,12-15H2,1H3,(H,25,26). The molecular formula is C23H24ClNO5. The summed E-state index contributed by atoms with van der Waals surface area (Å²) >= 11 is 5.97. The molecule has 0 bridgehead atoms. The fraction of sp³-hybridized carbons (Fsp3) is 0.348. The van der Waals surface area contributed by atoms with E-state index in [4.69, 9.17) is 16.3 Å².